The Morgan fingerprint density at radius 2 is 1.74 bits per heavy atom. The van der Waals surface area contributed by atoms with E-state index in [-0.39, 0.29) is 11.6 Å². The summed E-state index contributed by atoms with van der Waals surface area (Å²) in [7, 11) is 3.99. The van der Waals surface area contributed by atoms with Crippen LogP contribution < -0.4 is 10.2 Å². The molecule has 3 rings (SSSR count). The van der Waals surface area contributed by atoms with E-state index >= 15 is 0 Å². The summed E-state index contributed by atoms with van der Waals surface area (Å²) in [5, 5.41) is 2.88. The minimum Gasteiger partial charge on any atom is -0.378 e. The zero-order valence-electron chi connectivity index (χ0n) is 15.7. The van der Waals surface area contributed by atoms with Gasteiger partial charge >= 0.3 is 0 Å². The molecule has 0 aliphatic carbocycles. The lowest BCUT2D eigenvalue weighted by Gasteiger charge is -2.28. The van der Waals surface area contributed by atoms with Gasteiger partial charge in [-0.3, -0.25) is 9.69 Å². The van der Waals surface area contributed by atoms with Crippen LogP contribution in [0.3, 0.4) is 0 Å². The van der Waals surface area contributed by atoms with Crippen LogP contribution in [0.4, 0.5) is 14.5 Å². The first-order valence-corrected chi connectivity index (χ1v) is 9.20. The smallest absolute Gasteiger partial charge is 0.251 e. The Hall–Kier alpha value is -2.47. The summed E-state index contributed by atoms with van der Waals surface area (Å²) in [6.07, 6.45) is 2.28. The highest BCUT2D eigenvalue weighted by atomic mass is 19.2. The van der Waals surface area contributed by atoms with Crippen molar-refractivity contribution in [3.8, 4) is 0 Å². The highest BCUT2D eigenvalue weighted by molar-refractivity contribution is 5.94. The fraction of sp³-hybridized carbons (Fsp3) is 0.381. The van der Waals surface area contributed by atoms with Crippen molar-refractivity contribution >= 4 is 11.6 Å². The van der Waals surface area contributed by atoms with Gasteiger partial charge in [0.05, 0.1) is 6.04 Å². The molecule has 1 heterocycles. The second-order valence-corrected chi connectivity index (χ2v) is 7.08. The van der Waals surface area contributed by atoms with E-state index in [2.05, 4.69) is 34.5 Å². The van der Waals surface area contributed by atoms with Gasteiger partial charge in [-0.15, -0.1) is 0 Å². The quantitative estimate of drug-likeness (QED) is 0.840. The topological polar surface area (TPSA) is 35.6 Å². The summed E-state index contributed by atoms with van der Waals surface area (Å²) in [5.74, 6) is -2.37. The van der Waals surface area contributed by atoms with Crippen LogP contribution >= 0.6 is 0 Å². The van der Waals surface area contributed by atoms with Crippen molar-refractivity contribution in [1.29, 1.82) is 0 Å². The first kappa shape index (κ1) is 19.3. The van der Waals surface area contributed by atoms with E-state index in [4.69, 9.17) is 0 Å². The van der Waals surface area contributed by atoms with Gasteiger partial charge in [0, 0.05) is 31.9 Å². The predicted octanol–water partition coefficient (Wildman–Crippen LogP) is 3.60. The number of rotatable bonds is 6. The van der Waals surface area contributed by atoms with E-state index in [0.717, 1.165) is 49.3 Å². The molecule has 1 atom stereocenters. The average Bonchev–Trinajstić information content (AvgIpc) is 3.19. The first-order chi connectivity index (χ1) is 13.0. The van der Waals surface area contributed by atoms with E-state index in [0.29, 0.717) is 6.54 Å². The van der Waals surface area contributed by atoms with Gasteiger partial charge in [-0.1, -0.05) is 12.1 Å². The standard InChI is InChI=1S/C21H25F2N3O/c1-25(2)17-8-5-15(6-9-17)20(26-11-3-4-12-26)14-24-21(27)16-7-10-18(22)19(23)13-16/h5-10,13,20H,3-4,11-12,14H2,1-2H3,(H,24,27)/t20-/m1/s1. The van der Waals surface area contributed by atoms with E-state index in [1.807, 2.05) is 19.0 Å². The number of nitrogens with one attached hydrogen (secondary N) is 1. The molecule has 1 aliphatic heterocycles. The zero-order chi connectivity index (χ0) is 19.4. The number of hydrogen-bond acceptors (Lipinski definition) is 3. The number of hydrogen-bond donors (Lipinski definition) is 1. The van der Waals surface area contributed by atoms with Crippen LogP contribution in [0.1, 0.15) is 34.8 Å². The third kappa shape index (κ3) is 4.63. The maximum Gasteiger partial charge on any atom is 0.251 e. The van der Waals surface area contributed by atoms with Gasteiger partial charge in [0.15, 0.2) is 11.6 Å². The van der Waals surface area contributed by atoms with Gasteiger partial charge in [0.2, 0.25) is 0 Å². The van der Waals surface area contributed by atoms with Crippen LogP contribution in [0.5, 0.6) is 0 Å². The molecule has 0 aromatic heterocycles. The predicted molar refractivity (Wildman–Crippen MR) is 103 cm³/mol. The minimum absolute atomic E-state index is 0.0537. The molecule has 144 valence electrons. The molecule has 0 radical (unpaired) electrons. The number of nitrogens with zero attached hydrogens (tertiary/aromatic N) is 2. The Bertz CT molecular complexity index is 787. The van der Waals surface area contributed by atoms with Crippen molar-refractivity contribution in [2.24, 2.45) is 0 Å². The summed E-state index contributed by atoms with van der Waals surface area (Å²) in [5.41, 5.74) is 2.37. The van der Waals surface area contributed by atoms with Crippen molar-refractivity contribution in [2.45, 2.75) is 18.9 Å². The molecular weight excluding hydrogens is 348 g/mol. The van der Waals surface area contributed by atoms with Crippen molar-refractivity contribution in [2.75, 3.05) is 38.6 Å². The summed E-state index contributed by atoms with van der Waals surface area (Å²) in [6, 6.07) is 11.6. The highest BCUT2D eigenvalue weighted by Gasteiger charge is 2.24. The van der Waals surface area contributed by atoms with Gasteiger partial charge in [-0.25, -0.2) is 8.78 Å². The fourth-order valence-corrected chi connectivity index (χ4v) is 3.43. The number of carbonyl (C=O) groups excluding carboxylic acids is 1. The van der Waals surface area contributed by atoms with Crippen LogP contribution in [0.25, 0.3) is 0 Å². The maximum atomic E-state index is 13.4. The van der Waals surface area contributed by atoms with Gasteiger partial charge < -0.3 is 10.2 Å². The Kier molecular flexibility index (Phi) is 6.06. The Morgan fingerprint density at radius 3 is 2.33 bits per heavy atom. The second-order valence-electron chi connectivity index (χ2n) is 7.08. The summed E-state index contributed by atoms with van der Waals surface area (Å²) < 4.78 is 26.5. The first-order valence-electron chi connectivity index (χ1n) is 9.20. The van der Waals surface area contributed by atoms with Crippen LogP contribution in [0.2, 0.25) is 0 Å². The lowest BCUT2D eigenvalue weighted by atomic mass is 10.0. The van der Waals surface area contributed by atoms with Crippen LogP contribution in [0.15, 0.2) is 42.5 Å². The van der Waals surface area contributed by atoms with Gasteiger partial charge in [-0.05, 0) is 61.8 Å². The largest absolute Gasteiger partial charge is 0.378 e. The molecule has 6 heteroatoms. The molecular formula is C21H25F2N3O. The Morgan fingerprint density at radius 1 is 1.07 bits per heavy atom. The fourth-order valence-electron chi connectivity index (χ4n) is 3.43. The Labute approximate surface area is 158 Å². The molecule has 27 heavy (non-hydrogen) atoms. The lowest BCUT2D eigenvalue weighted by molar-refractivity contribution is 0.0937. The number of halogens is 2. The van der Waals surface area contributed by atoms with Crippen molar-refractivity contribution < 1.29 is 13.6 Å². The molecule has 1 amide bonds. The van der Waals surface area contributed by atoms with E-state index in [1.165, 1.54) is 6.07 Å². The van der Waals surface area contributed by atoms with Gasteiger partial charge in [-0.2, -0.15) is 0 Å². The third-order valence-electron chi connectivity index (χ3n) is 5.01. The lowest BCUT2D eigenvalue weighted by Crippen LogP contribution is -2.36. The molecule has 0 saturated carbocycles. The molecule has 0 spiro atoms. The van der Waals surface area contributed by atoms with Crippen molar-refractivity contribution in [3.63, 3.8) is 0 Å². The molecule has 1 fully saturated rings. The molecule has 0 bridgehead atoms. The summed E-state index contributed by atoms with van der Waals surface area (Å²) in [6.45, 7) is 2.39. The van der Waals surface area contributed by atoms with Crippen molar-refractivity contribution in [3.05, 3.63) is 65.2 Å². The van der Waals surface area contributed by atoms with Crippen LogP contribution in [0, 0.1) is 11.6 Å². The number of benzene rings is 2. The van der Waals surface area contributed by atoms with Gasteiger partial charge in [0.25, 0.3) is 5.91 Å². The highest BCUT2D eigenvalue weighted by Crippen LogP contribution is 2.26. The SMILES string of the molecule is CN(C)c1ccc([C@@H](CNC(=O)c2ccc(F)c(F)c2)N2CCCC2)cc1. The normalized spacial score (nSPS) is 15.6. The molecule has 2 aromatic carbocycles. The number of amides is 1. The van der Waals surface area contributed by atoms with Crippen LogP contribution in [-0.2, 0) is 0 Å². The van der Waals surface area contributed by atoms with Crippen LogP contribution in [-0.4, -0.2) is 44.5 Å². The molecule has 1 aliphatic rings. The number of likely N-dealkylation sites (tertiary alicyclic amines) is 1. The Balaban J connectivity index is 1.73. The average molecular weight is 373 g/mol. The molecule has 1 saturated heterocycles. The molecule has 1 N–H and O–H groups in total. The summed E-state index contributed by atoms with van der Waals surface area (Å²) >= 11 is 0. The zero-order valence-corrected chi connectivity index (χ0v) is 15.7. The van der Waals surface area contributed by atoms with Crippen molar-refractivity contribution in [1.82, 2.24) is 10.2 Å². The molecule has 4 nitrogen and oxygen atoms in total. The molecule has 2 aromatic rings. The number of carbonyl (C=O) groups is 1. The molecule has 0 unspecified atom stereocenters. The van der Waals surface area contributed by atoms with Gasteiger partial charge in [0.1, 0.15) is 0 Å². The monoisotopic (exact) mass is 373 g/mol. The third-order valence-corrected chi connectivity index (χ3v) is 5.01. The maximum absolute atomic E-state index is 13.4. The minimum atomic E-state index is -1.02. The summed E-state index contributed by atoms with van der Waals surface area (Å²) in [4.78, 5) is 16.8. The number of anilines is 1. The van der Waals surface area contributed by atoms with E-state index in [1.54, 1.807) is 0 Å². The van der Waals surface area contributed by atoms with E-state index in [9.17, 15) is 13.6 Å². The van der Waals surface area contributed by atoms with E-state index < -0.39 is 17.5 Å². The second kappa shape index (κ2) is 8.48.